The molecule has 5 heterocycles. The van der Waals surface area contributed by atoms with Crippen molar-refractivity contribution in [2.45, 2.75) is 51.4 Å². The third-order valence-electron chi connectivity index (χ3n) is 5.87. The molecule has 3 aromatic rings. The van der Waals surface area contributed by atoms with Crippen molar-refractivity contribution in [1.82, 2.24) is 24.6 Å². The highest BCUT2D eigenvalue weighted by Gasteiger charge is 2.21. The molecule has 2 saturated heterocycles. The topological polar surface area (TPSA) is 56.9 Å². The van der Waals surface area contributed by atoms with Crippen LogP contribution in [0.25, 0.3) is 22.3 Å². The van der Waals surface area contributed by atoms with Gasteiger partial charge >= 0.3 is 0 Å². The van der Waals surface area contributed by atoms with E-state index < -0.39 is 0 Å². The minimum atomic E-state index is 0.0692. The first kappa shape index (κ1) is 17.0. The summed E-state index contributed by atoms with van der Waals surface area (Å²) in [7, 11) is 0. The van der Waals surface area contributed by atoms with Crippen LogP contribution in [-0.4, -0.2) is 38.5 Å². The summed E-state index contributed by atoms with van der Waals surface area (Å²) in [6.07, 6.45) is 10.8. The van der Waals surface area contributed by atoms with Crippen LogP contribution in [0.5, 0.6) is 0 Å². The van der Waals surface area contributed by atoms with E-state index in [1.54, 1.807) is 0 Å². The van der Waals surface area contributed by atoms with Crippen LogP contribution in [0.1, 0.15) is 38.8 Å². The minimum Gasteiger partial charge on any atom is -0.357 e. The molecule has 6 nitrogen and oxygen atoms in total. The normalized spacial score (nSPS) is 26.0. The SMILES string of the molecule is C[C@@H]1C[C@@H](Cn2ccc3nc(-c4cnn(C5CCCCO5)c4)ccc32)CN1. The fraction of sp³-hybridized carbons (Fsp3) is 0.524. The van der Waals surface area contributed by atoms with Gasteiger partial charge in [-0.2, -0.15) is 5.10 Å². The Labute approximate surface area is 159 Å². The first-order valence-corrected chi connectivity index (χ1v) is 10.1. The number of nitrogens with one attached hydrogen (secondary N) is 1. The van der Waals surface area contributed by atoms with E-state index in [-0.39, 0.29) is 6.23 Å². The van der Waals surface area contributed by atoms with Crippen molar-refractivity contribution in [3.63, 3.8) is 0 Å². The smallest absolute Gasteiger partial charge is 0.150 e. The molecule has 0 saturated carbocycles. The molecule has 0 aromatic carbocycles. The van der Waals surface area contributed by atoms with Gasteiger partial charge in [-0.05, 0) is 63.3 Å². The summed E-state index contributed by atoms with van der Waals surface area (Å²) in [5.41, 5.74) is 4.28. The molecule has 6 heteroatoms. The van der Waals surface area contributed by atoms with Gasteiger partial charge in [-0.3, -0.25) is 0 Å². The maximum Gasteiger partial charge on any atom is 0.150 e. The fourth-order valence-corrected chi connectivity index (χ4v) is 4.41. The number of hydrogen-bond donors (Lipinski definition) is 1. The molecule has 0 aliphatic carbocycles. The molecule has 0 radical (unpaired) electrons. The number of ether oxygens (including phenoxy) is 1. The van der Waals surface area contributed by atoms with Crippen LogP contribution in [0.3, 0.4) is 0 Å². The van der Waals surface area contributed by atoms with Gasteiger partial charge in [0.15, 0.2) is 0 Å². The van der Waals surface area contributed by atoms with E-state index in [4.69, 9.17) is 9.72 Å². The van der Waals surface area contributed by atoms with Crippen LogP contribution < -0.4 is 5.32 Å². The minimum absolute atomic E-state index is 0.0692. The zero-order chi connectivity index (χ0) is 18.2. The average molecular weight is 365 g/mol. The van der Waals surface area contributed by atoms with Crippen molar-refractivity contribution in [2.24, 2.45) is 5.92 Å². The summed E-state index contributed by atoms with van der Waals surface area (Å²) in [6, 6.07) is 7.06. The number of hydrogen-bond acceptors (Lipinski definition) is 4. The molecule has 1 N–H and O–H groups in total. The molecule has 3 atom stereocenters. The zero-order valence-electron chi connectivity index (χ0n) is 15.8. The monoisotopic (exact) mass is 365 g/mol. The van der Waals surface area contributed by atoms with Crippen molar-refractivity contribution in [3.05, 3.63) is 36.8 Å². The van der Waals surface area contributed by atoms with E-state index in [9.17, 15) is 0 Å². The summed E-state index contributed by atoms with van der Waals surface area (Å²) in [5.74, 6) is 0.698. The molecule has 27 heavy (non-hydrogen) atoms. The standard InChI is InChI=1S/C21H27N5O/c1-15-10-16(11-22-15)13-25-8-7-19-20(25)6-5-18(24-19)17-12-23-26(14-17)21-4-2-3-9-27-21/h5-8,12,14-16,21-22H,2-4,9-11,13H2,1H3/t15-,16-,21?/m1/s1. The van der Waals surface area contributed by atoms with E-state index in [0.717, 1.165) is 49.3 Å². The average Bonchev–Trinajstić information content (AvgIpc) is 3.43. The van der Waals surface area contributed by atoms with Crippen LogP contribution >= 0.6 is 0 Å². The highest BCUT2D eigenvalue weighted by Crippen LogP contribution is 2.26. The molecule has 2 fully saturated rings. The maximum atomic E-state index is 5.83. The second-order valence-corrected chi connectivity index (χ2v) is 8.01. The Bertz CT molecular complexity index is 924. The number of rotatable bonds is 4. The first-order chi connectivity index (χ1) is 13.3. The van der Waals surface area contributed by atoms with E-state index in [1.807, 2.05) is 10.9 Å². The Kier molecular flexibility index (Phi) is 4.45. The van der Waals surface area contributed by atoms with Crippen molar-refractivity contribution in [1.29, 1.82) is 0 Å². The third-order valence-corrected chi connectivity index (χ3v) is 5.87. The van der Waals surface area contributed by atoms with Gasteiger partial charge in [-0.25, -0.2) is 9.67 Å². The second-order valence-electron chi connectivity index (χ2n) is 8.01. The van der Waals surface area contributed by atoms with Gasteiger partial charge in [0.2, 0.25) is 0 Å². The number of aromatic nitrogens is 4. The predicted molar refractivity (Wildman–Crippen MR) is 105 cm³/mol. The summed E-state index contributed by atoms with van der Waals surface area (Å²) >= 11 is 0. The Morgan fingerprint density at radius 2 is 2.22 bits per heavy atom. The zero-order valence-corrected chi connectivity index (χ0v) is 15.8. The molecule has 0 bridgehead atoms. The van der Waals surface area contributed by atoms with Gasteiger partial charge in [-0.1, -0.05) is 0 Å². The summed E-state index contributed by atoms with van der Waals surface area (Å²) in [4.78, 5) is 4.88. The summed E-state index contributed by atoms with van der Waals surface area (Å²) in [6.45, 7) is 5.25. The number of nitrogens with zero attached hydrogens (tertiary/aromatic N) is 4. The maximum absolute atomic E-state index is 5.83. The van der Waals surface area contributed by atoms with Crippen molar-refractivity contribution < 1.29 is 4.74 Å². The van der Waals surface area contributed by atoms with E-state index >= 15 is 0 Å². The molecule has 3 aromatic heterocycles. The van der Waals surface area contributed by atoms with Gasteiger partial charge in [0, 0.05) is 37.2 Å². The molecule has 0 amide bonds. The predicted octanol–water partition coefficient (Wildman–Crippen LogP) is 3.60. The van der Waals surface area contributed by atoms with Gasteiger partial charge in [-0.15, -0.1) is 0 Å². The largest absolute Gasteiger partial charge is 0.357 e. The summed E-state index contributed by atoms with van der Waals surface area (Å²) in [5, 5.41) is 8.06. The summed E-state index contributed by atoms with van der Waals surface area (Å²) < 4.78 is 10.1. The van der Waals surface area contributed by atoms with E-state index in [1.165, 1.54) is 18.4 Å². The highest BCUT2D eigenvalue weighted by atomic mass is 16.5. The molecular weight excluding hydrogens is 338 g/mol. The van der Waals surface area contributed by atoms with E-state index in [2.05, 4.69) is 52.5 Å². The third kappa shape index (κ3) is 3.39. The fourth-order valence-electron chi connectivity index (χ4n) is 4.41. The lowest BCUT2D eigenvalue weighted by Crippen LogP contribution is -2.18. The van der Waals surface area contributed by atoms with Gasteiger partial charge in [0.05, 0.1) is 22.9 Å². The first-order valence-electron chi connectivity index (χ1n) is 10.1. The lowest BCUT2D eigenvalue weighted by atomic mass is 10.1. The second kappa shape index (κ2) is 7.09. The Morgan fingerprint density at radius 1 is 1.26 bits per heavy atom. The van der Waals surface area contributed by atoms with Crippen LogP contribution in [0.15, 0.2) is 36.8 Å². The molecule has 5 rings (SSSR count). The highest BCUT2D eigenvalue weighted by molar-refractivity contribution is 5.79. The van der Waals surface area contributed by atoms with Crippen LogP contribution in [0.2, 0.25) is 0 Å². The lowest BCUT2D eigenvalue weighted by molar-refractivity contribution is -0.0394. The molecule has 0 spiro atoms. The molecule has 2 aliphatic heterocycles. The molecule has 2 aliphatic rings. The van der Waals surface area contributed by atoms with Gasteiger partial charge in [0.1, 0.15) is 6.23 Å². The van der Waals surface area contributed by atoms with Gasteiger partial charge in [0.25, 0.3) is 0 Å². The van der Waals surface area contributed by atoms with Crippen LogP contribution in [-0.2, 0) is 11.3 Å². The van der Waals surface area contributed by atoms with Crippen LogP contribution in [0, 0.1) is 5.92 Å². The Balaban J connectivity index is 1.36. The van der Waals surface area contributed by atoms with Crippen molar-refractivity contribution >= 4 is 11.0 Å². The molecular formula is C21H27N5O. The van der Waals surface area contributed by atoms with Gasteiger partial charge < -0.3 is 14.6 Å². The number of fused-ring (bicyclic) bond motifs is 1. The van der Waals surface area contributed by atoms with Crippen LogP contribution in [0.4, 0.5) is 0 Å². The molecule has 142 valence electrons. The Hall–Kier alpha value is -2.18. The van der Waals surface area contributed by atoms with Crippen molar-refractivity contribution in [3.8, 4) is 11.3 Å². The number of pyridine rings is 1. The van der Waals surface area contributed by atoms with Crippen molar-refractivity contribution in [2.75, 3.05) is 13.2 Å². The quantitative estimate of drug-likeness (QED) is 0.768. The molecule has 1 unspecified atom stereocenters. The van der Waals surface area contributed by atoms with E-state index in [0.29, 0.717) is 12.0 Å². The lowest BCUT2D eigenvalue weighted by Gasteiger charge is -2.22. The Morgan fingerprint density at radius 3 is 3.04 bits per heavy atom.